The molecule has 106 valence electrons. The van der Waals surface area contributed by atoms with E-state index in [2.05, 4.69) is 31.1 Å². The maximum absolute atomic E-state index is 3.55. The standard InChI is InChI=1S/C16H32N2/c1-4-13(2)15(17-3)12-18-11-7-9-14-8-5-6-10-16(14)18/h13-17H,4-12H2,1-3H3. The van der Waals surface area contributed by atoms with E-state index < -0.39 is 0 Å². The minimum atomic E-state index is 0.677. The van der Waals surface area contributed by atoms with Crippen molar-refractivity contribution in [1.82, 2.24) is 10.2 Å². The largest absolute Gasteiger partial charge is 0.315 e. The van der Waals surface area contributed by atoms with E-state index in [-0.39, 0.29) is 0 Å². The second kappa shape index (κ2) is 6.91. The number of hydrogen-bond acceptors (Lipinski definition) is 2. The van der Waals surface area contributed by atoms with Crippen LogP contribution >= 0.6 is 0 Å². The lowest BCUT2D eigenvalue weighted by atomic mass is 9.78. The van der Waals surface area contributed by atoms with Crippen molar-refractivity contribution in [2.24, 2.45) is 11.8 Å². The summed E-state index contributed by atoms with van der Waals surface area (Å²) in [5.74, 6) is 1.81. The highest BCUT2D eigenvalue weighted by molar-refractivity contribution is 4.89. The number of nitrogens with zero attached hydrogens (tertiary/aromatic N) is 1. The van der Waals surface area contributed by atoms with Gasteiger partial charge in [0, 0.05) is 18.6 Å². The van der Waals surface area contributed by atoms with Crippen molar-refractivity contribution >= 4 is 0 Å². The molecule has 18 heavy (non-hydrogen) atoms. The molecule has 0 spiro atoms. The molecule has 2 fully saturated rings. The van der Waals surface area contributed by atoms with Crippen molar-refractivity contribution in [3.8, 4) is 0 Å². The molecule has 1 aliphatic carbocycles. The highest BCUT2D eigenvalue weighted by Crippen LogP contribution is 2.35. The van der Waals surface area contributed by atoms with Crippen molar-refractivity contribution in [3.05, 3.63) is 0 Å². The van der Waals surface area contributed by atoms with E-state index in [0.29, 0.717) is 6.04 Å². The van der Waals surface area contributed by atoms with Crippen LogP contribution in [0.25, 0.3) is 0 Å². The van der Waals surface area contributed by atoms with Crippen LogP contribution in [-0.2, 0) is 0 Å². The summed E-state index contributed by atoms with van der Waals surface area (Å²) < 4.78 is 0. The number of hydrogen-bond donors (Lipinski definition) is 1. The summed E-state index contributed by atoms with van der Waals surface area (Å²) in [7, 11) is 2.14. The Balaban J connectivity index is 1.93. The molecule has 1 aliphatic heterocycles. The molecule has 0 radical (unpaired) electrons. The van der Waals surface area contributed by atoms with E-state index in [1.807, 2.05) is 0 Å². The molecule has 1 N–H and O–H groups in total. The van der Waals surface area contributed by atoms with Gasteiger partial charge >= 0.3 is 0 Å². The number of nitrogens with one attached hydrogen (secondary N) is 1. The lowest BCUT2D eigenvalue weighted by molar-refractivity contribution is 0.0481. The first-order chi connectivity index (χ1) is 8.76. The Hall–Kier alpha value is -0.0800. The maximum Gasteiger partial charge on any atom is 0.0217 e. The Bertz CT molecular complexity index is 239. The predicted molar refractivity (Wildman–Crippen MR) is 78.9 cm³/mol. The van der Waals surface area contributed by atoms with Gasteiger partial charge in [0.15, 0.2) is 0 Å². The number of likely N-dealkylation sites (tertiary alicyclic amines) is 1. The number of rotatable bonds is 5. The summed E-state index contributed by atoms with van der Waals surface area (Å²) in [6, 6.07) is 1.59. The minimum Gasteiger partial charge on any atom is -0.315 e. The van der Waals surface area contributed by atoms with E-state index in [0.717, 1.165) is 17.9 Å². The van der Waals surface area contributed by atoms with Gasteiger partial charge < -0.3 is 5.32 Å². The molecule has 0 aromatic carbocycles. The van der Waals surface area contributed by atoms with Gasteiger partial charge in [0.05, 0.1) is 0 Å². The molecule has 2 nitrogen and oxygen atoms in total. The monoisotopic (exact) mass is 252 g/mol. The summed E-state index contributed by atoms with van der Waals surface area (Å²) in [5.41, 5.74) is 0. The molecule has 4 unspecified atom stereocenters. The summed E-state index contributed by atoms with van der Waals surface area (Å²) in [5, 5.41) is 3.55. The van der Waals surface area contributed by atoms with Crippen LogP contribution in [0.1, 0.15) is 58.8 Å². The smallest absolute Gasteiger partial charge is 0.0217 e. The van der Waals surface area contributed by atoms with Gasteiger partial charge in [-0.2, -0.15) is 0 Å². The normalized spacial score (nSPS) is 32.8. The van der Waals surface area contributed by atoms with E-state index in [4.69, 9.17) is 0 Å². The van der Waals surface area contributed by atoms with Crippen molar-refractivity contribution in [2.45, 2.75) is 70.9 Å². The van der Waals surface area contributed by atoms with Gasteiger partial charge in [-0.3, -0.25) is 4.90 Å². The predicted octanol–water partition coefficient (Wildman–Crippen LogP) is 3.28. The van der Waals surface area contributed by atoms with Crippen molar-refractivity contribution in [1.29, 1.82) is 0 Å². The zero-order valence-corrected chi connectivity index (χ0v) is 12.6. The zero-order valence-electron chi connectivity index (χ0n) is 12.6. The molecule has 0 aromatic heterocycles. The molecule has 1 saturated carbocycles. The van der Waals surface area contributed by atoms with Gasteiger partial charge in [-0.05, 0) is 51.1 Å². The fraction of sp³-hybridized carbons (Fsp3) is 1.00. The van der Waals surface area contributed by atoms with Crippen molar-refractivity contribution in [2.75, 3.05) is 20.1 Å². The van der Waals surface area contributed by atoms with Crippen LogP contribution in [0.5, 0.6) is 0 Å². The van der Waals surface area contributed by atoms with Crippen molar-refractivity contribution < 1.29 is 0 Å². The SMILES string of the molecule is CCC(C)C(CN1CCCC2CCCCC21)NC. The summed E-state index contributed by atoms with van der Waals surface area (Å²) >= 11 is 0. The molecule has 0 amide bonds. The van der Waals surface area contributed by atoms with E-state index in [9.17, 15) is 0 Å². The van der Waals surface area contributed by atoms with Gasteiger partial charge in [0.2, 0.25) is 0 Å². The second-order valence-corrected chi connectivity index (χ2v) is 6.53. The average Bonchev–Trinajstić information content (AvgIpc) is 2.44. The first kappa shape index (κ1) is 14.3. The molecule has 2 heteroatoms. The molecule has 4 atom stereocenters. The fourth-order valence-electron chi connectivity index (χ4n) is 4.05. The molecule has 1 saturated heterocycles. The lowest BCUT2D eigenvalue weighted by Gasteiger charge is -2.46. The lowest BCUT2D eigenvalue weighted by Crippen LogP contribution is -2.52. The van der Waals surface area contributed by atoms with E-state index >= 15 is 0 Å². The Labute approximate surface area is 114 Å². The van der Waals surface area contributed by atoms with Crippen LogP contribution in [0.15, 0.2) is 0 Å². The summed E-state index contributed by atoms with van der Waals surface area (Å²) in [4.78, 5) is 2.82. The van der Waals surface area contributed by atoms with Crippen LogP contribution in [0, 0.1) is 11.8 Å². The Morgan fingerprint density at radius 1 is 1.17 bits per heavy atom. The van der Waals surface area contributed by atoms with Gasteiger partial charge in [-0.25, -0.2) is 0 Å². The third kappa shape index (κ3) is 3.27. The van der Waals surface area contributed by atoms with Crippen molar-refractivity contribution in [3.63, 3.8) is 0 Å². The molecule has 2 aliphatic rings. The van der Waals surface area contributed by atoms with Gasteiger partial charge in [-0.15, -0.1) is 0 Å². The molecule has 1 heterocycles. The van der Waals surface area contributed by atoms with Crippen LogP contribution in [-0.4, -0.2) is 37.1 Å². The van der Waals surface area contributed by atoms with E-state index in [1.165, 1.54) is 58.0 Å². The number of likely N-dealkylation sites (N-methyl/N-ethyl adjacent to an activating group) is 1. The fourth-order valence-corrected chi connectivity index (χ4v) is 4.05. The quantitative estimate of drug-likeness (QED) is 0.808. The van der Waals surface area contributed by atoms with E-state index in [1.54, 1.807) is 0 Å². The third-order valence-corrected chi connectivity index (χ3v) is 5.49. The molecule has 0 bridgehead atoms. The van der Waals surface area contributed by atoms with Crippen LogP contribution in [0.2, 0.25) is 0 Å². The first-order valence-corrected chi connectivity index (χ1v) is 8.17. The summed E-state index contributed by atoms with van der Waals surface area (Å²) in [6.07, 6.45) is 10.1. The van der Waals surface area contributed by atoms with Crippen LogP contribution < -0.4 is 5.32 Å². The topological polar surface area (TPSA) is 15.3 Å². The average molecular weight is 252 g/mol. The highest BCUT2D eigenvalue weighted by Gasteiger charge is 2.34. The molecular weight excluding hydrogens is 220 g/mol. The maximum atomic E-state index is 3.55. The Morgan fingerprint density at radius 2 is 1.89 bits per heavy atom. The molecule has 2 rings (SSSR count). The Morgan fingerprint density at radius 3 is 2.61 bits per heavy atom. The molecule has 0 aromatic rings. The van der Waals surface area contributed by atoms with Crippen LogP contribution in [0.3, 0.4) is 0 Å². The van der Waals surface area contributed by atoms with Gasteiger partial charge in [0.25, 0.3) is 0 Å². The third-order valence-electron chi connectivity index (χ3n) is 5.49. The van der Waals surface area contributed by atoms with Gasteiger partial charge in [0.1, 0.15) is 0 Å². The van der Waals surface area contributed by atoms with Gasteiger partial charge in [-0.1, -0.05) is 33.1 Å². The van der Waals surface area contributed by atoms with Crippen LogP contribution in [0.4, 0.5) is 0 Å². The number of piperidine rings is 1. The summed E-state index contributed by atoms with van der Waals surface area (Å²) in [6.45, 7) is 7.32. The minimum absolute atomic E-state index is 0.677. The first-order valence-electron chi connectivity index (χ1n) is 8.17. The number of fused-ring (bicyclic) bond motifs is 1. The molecular formula is C16H32N2. The zero-order chi connectivity index (χ0) is 13.0. The second-order valence-electron chi connectivity index (χ2n) is 6.53. The Kier molecular flexibility index (Phi) is 5.50. The highest BCUT2D eigenvalue weighted by atomic mass is 15.2.